The Morgan fingerprint density at radius 1 is 1.08 bits per heavy atom. The molecule has 1 aromatic rings. The second-order valence-corrected chi connectivity index (χ2v) is 6.43. The molecule has 0 aromatic carbocycles. The van der Waals surface area contributed by atoms with Crippen molar-refractivity contribution in [2.24, 2.45) is 0 Å². The maximum absolute atomic E-state index is 12.4. The van der Waals surface area contributed by atoms with E-state index in [1.807, 2.05) is 17.9 Å². The summed E-state index contributed by atoms with van der Waals surface area (Å²) in [6, 6.07) is 1.91. The molecule has 10 heteroatoms. The van der Waals surface area contributed by atoms with Crippen LogP contribution in [0.4, 0.5) is 24.9 Å². The van der Waals surface area contributed by atoms with Crippen LogP contribution in [0.3, 0.4) is 0 Å². The molecule has 3 rings (SSSR count). The van der Waals surface area contributed by atoms with E-state index >= 15 is 0 Å². The van der Waals surface area contributed by atoms with Gasteiger partial charge in [0.15, 0.2) is 0 Å². The molecule has 0 radical (unpaired) electrons. The van der Waals surface area contributed by atoms with Crippen LogP contribution < -0.4 is 9.80 Å². The minimum atomic E-state index is -4.47. The lowest BCUT2D eigenvalue weighted by molar-refractivity contribution is -0.161. The van der Waals surface area contributed by atoms with E-state index in [4.69, 9.17) is 4.74 Å². The standard InChI is InChI=1S/C16H22F3N5O2/c1-12-10-13(22-6-8-26-9-7-22)21-15(20-12)24-4-2-23(3-5-24)14(25)11-16(17,18)19/h10H,2-9,11H2,1H3. The van der Waals surface area contributed by atoms with Gasteiger partial charge in [0.2, 0.25) is 11.9 Å². The Kier molecular flexibility index (Phi) is 5.49. The molecule has 0 atom stereocenters. The summed E-state index contributed by atoms with van der Waals surface area (Å²) in [4.78, 5) is 26.1. The van der Waals surface area contributed by atoms with Crippen LogP contribution in [0.1, 0.15) is 12.1 Å². The first-order chi connectivity index (χ1) is 12.3. The summed E-state index contributed by atoms with van der Waals surface area (Å²) in [6.45, 7) is 6.00. The fraction of sp³-hybridized carbons (Fsp3) is 0.688. The molecular weight excluding hydrogens is 351 g/mol. The van der Waals surface area contributed by atoms with Crippen molar-refractivity contribution < 1.29 is 22.7 Å². The number of alkyl halides is 3. The van der Waals surface area contributed by atoms with Gasteiger partial charge in [-0.05, 0) is 6.92 Å². The highest BCUT2D eigenvalue weighted by Crippen LogP contribution is 2.23. The fourth-order valence-electron chi connectivity index (χ4n) is 3.07. The lowest BCUT2D eigenvalue weighted by atomic mass is 10.2. The van der Waals surface area contributed by atoms with E-state index in [9.17, 15) is 18.0 Å². The number of hydrogen-bond acceptors (Lipinski definition) is 6. The lowest BCUT2D eigenvalue weighted by Crippen LogP contribution is -2.50. The molecule has 7 nitrogen and oxygen atoms in total. The topological polar surface area (TPSA) is 61.8 Å². The average molecular weight is 373 g/mol. The third-order valence-electron chi connectivity index (χ3n) is 4.43. The number of nitrogens with zero attached hydrogens (tertiary/aromatic N) is 5. The highest BCUT2D eigenvalue weighted by Gasteiger charge is 2.34. The molecule has 0 saturated carbocycles. The number of amides is 1. The molecule has 0 aliphatic carbocycles. The average Bonchev–Trinajstić information content (AvgIpc) is 2.61. The van der Waals surface area contributed by atoms with E-state index in [1.54, 1.807) is 0 Å². The van der Waals surface area contributed by atoms with E-state index in [0.717, 1.165) is 24.6 Å². The molecule has 0 unspecified atom stereocenters. The van der Waals surface area contributed by atoms with E-state index < -0.39 is 18.5 Å². The summed E-state index contributed by atoms with van der Waals surface area (Å²) in [7, 11) is 0. The number of aromatic nitrogens is 2. The number of piperazine rings is 1. The molecule has 1 amide bonds. The zero-order chi connectivity index (χ0) is 18.7. The predicted octanol–water partition coefficient (Wildman–Crippen LogP) is 1.22. The van der Waals surface area contributed by atoms with Crippen LogP contribution >= 0.6 is 0 Å². The van der Waals surface area contributed by atoms with Crippen molar-refractivity contribution in [1.29, 1.82) is 0 Å². The number of rotatable bonds is 3. The summed E-state index contributed by atoms with van der Waals surface area (Å²) in [5, 5.41) is 0. The van der Waals surface area contributed by atoms with Gasteiger partial charge in [0.05, 0.1) is 13.2 Å². The third kappa shape index (κ3) is 4.75. The van der Waals surface area contributed by atoms with Crippen molar-refractivity contribution in [2.75, 3.05) is 62.3 Å². The summed E-state index contributed by atoms with van der Waals surface area (Å²) in [6.07, 6.45) is -5.88. The van der Waals surface area contributed by atoms with Gasteiger partial charge in [-0.3, -0.25) is 4.79 Å². The van der Waals surface area contributed by atoms with Crippen molar-refractivity contribution >= 4 is 17.7 Å². The number of aryl methyl sites for hydroxylation is 1. The Bertz CT molecular complexity index is 641. The first-order valence-corrected chi connectivity index (χ1v) is 8.60. The van der Waals surface area contributed by atoms with Gasteiger partial charge in [0.25, 0.3) is 0 Å². The first kappa shape index (κ1) is 18.7. The Labute approximate surface area is 149 Å². The number of carbonyl (C=O) groups excluding carboxylic acids is 1. The number of morpholine rings is 1. The molecule has 26 heavy (non-hydrogen) atoms. The van der Waals surface area contributed by atoms with Crippen molar-refractivity contribution in [1.82, 2.24) is 14.9 Å². The summed E-state index contributed by atoms with van der Waals surface area (Å²) in [5.41, 5.74) is 0.826. The third-order valence-corrected chi connectivity index (χ3v) is 4.43. The van der Waals surface area contributed by atoms with Crippen molar-refractivity contribution in [3.8, 4) is 0 Å². The van der Waals surface area contributed by atoms with Crippen molar-refractivity contribution in [3.63, 3.8) is 0 Å². The summed E-state index contributed by atoms with van der Waals surface area (Å²) >= 11 is 0. The molecule has 0 N–H and O–H groups in total. The number of halogens is 3. The molecule has 2 aliphatic rings. The molecular formula is C16H22F3N5O2. The predicted molar refractivity (Wildman–Crippen MR) is 89.3 cm³/mol. The van der Waals surface area contributed by atoms with Crippen LogP contribution in [-0.4, -0.2) is 79.4 Å². The Balaban J connectivity index is 1.64. The summed E-state index contributed by atoms with van der Waals surface area (Å²) < 4.78 is 42.5. The highest BCUT2D eigenvalue weighted by molar-refractivity contribution is 5.77. The number of carbonyl (C=O) groups is 1. The van der Waals surface area contributed by atoms with Crippen molar-refractivity contribution in [2.45, 2.75) is 19.5 Å². The monoisotopic (exact) mass is 373 g/mol. The summed E-state index contributed by atoms with van der Waals surface area (Å²) in [5.74, 6) is 0.497. The van der Waals surface area contributed by atoms with Gasteiger partial charge in [0, 0.05) is 51.0 Å². The normalized spacial score (nSPS) is 19.0. The van der Waals surface area contributed by atoms with Crippen molar-refractivity contribution in [3.05, 3.63) is 11.8 Å². The van der Waals surface area contributed by atoms with E-state index in [-0.39, 0.29) is 13.1 Å². The van der Waals surface area contributed by atoms with Crippen LogP contribution in [0.2, 0.25) is 0 Å². The second kappa shape index (κ2) is 7.65. The van der Waals surface area contributed by atoms with Crippen LogP contribution in [0.5, 0.6) is 0 Å². The van der Waals surface area contributed by atoms with Gasteiger partial charge in [-0.15, -0.1) is 0 Å². The molecule has 2 aliphatic heterocycles. The maximum atomic E-state index is 12.4. The van der Waals surface area contributed by atoms with Gasteiger partial charge < -0.3 is 19.4 Å². The molecule has 2 fully saturated rings. The molecule has 2 saturated heterocycles. The largest absolute Gasteiger partial charge is 0.397 e. The van der Waals surface area contributed by atoms with E-state index in [1.165, 1.54) is 4.90 Å². The minimum Gasteiger partial charge on any atom is -0.378 e. The van der Waals surface area contributed by atoms with Gasteiger partial charge in [-0.25, -0.2) is 4.98 Å². The Hall–Kier alpha value is -2.10. The molecule has 1 aromatic heterocycles. The van der Waals surface area contributed by atoms with Crippen LogP contribution in [-0.2, 0) is 9.53 Å². The molecule has 0 spiro atoms. The molecule has 0 bridgehead atoms. The maximum Gasteiger partial charge on any atom is 0.397 e. The van der Waals surface area contributed by atoms with Crippen LogP contribution in [0.25, 0.3) is 0 Å². The SMILES string of the molecule is Cc1cc(N2CCOCC2)nc(N2CCN(C(=O)CC(F)(F)F)CC2)n1. The zero-order valence-corrected chi connectivity index (χ0v) is 14.6. The molecule has 3 heterocycles. The highest BCUT2D eigenvalue weighted by atomic mass is 19.4. The van der Waals surface area contributed by atoms with E-state index in [2.05, 4.69) is 14.9 Å². The molecule has 144 valence electrons. The minimum absolute atomic E-state index is 0.235. The Morgan fingerprint density at radius 2 is 1.73 bits per heavy atom. The van der Waals surface area contributed by atoms with Gasteiger partial charge in [-0.1, -0.05) is 0 Å². The van der Waals surface area contributed by atoms with Gasteiger partial charge in [-0.2, -0.15) is 18.2 Å². The lowest BCUT2D eigenvalue weighted by Gasteiger charge is -2.35. The van der Waals surface area contributed by atoms with E-state index in [0.29, 0.717) is 32.3 Å². The zero-order valence-electron chi connectivity index (χ0n) is 14.6. The number of anilines is 2. The first-order valence-electron chi connectivity index (χ1n) is 8.60. The van der Waals surface area contributed by atoms with Crippen LogP contribution in [0.15, 0.2) is 6.07 Å². The fourth-order valence-corrected chi connectivity index (χ4v) is 3.07. The smallest absolute Gasteiger partial charge is 0.378 e. The van der Waals surface area contributed by atoms with Gasteiger partial charge >= 0.3 is 6.18 Å². The van der Waals surface area contributed by atoms with Gasteiger partial charge in [0.1, 0.15) is 12.2 Å². The Morgan fingerprint density at radius 3 is 2.35 bits per heavy atom. The second-order valence-electron chi connectivity index (χ2n) is 6.43. The quantitative estimate of drug-likeness (QED) is 0.794. The van der Waals surface area contributed by atoms with Crippen LogP contribution in [0, 0.1) is 6.92 Å². The number of hydrogen-bond donors (Lipinski definition) is 0. The number of ether oxygens (including phenoxy) is 1.